The van der Waals surface area contributed by atoms with Gasteiger partial charge < -0.3 is 0 Å². The Hall–Kier alpha value is -0.230. The van der Waals surface area contributed by atoms with Gasteiger partial charge in [-0.25, -0.2) is 0 Å². The van der Waals surface area contributed by atoms with Gasteiger partial charge in [0.05, 0.1) is 0 Å². The highest BCUT2D eigenvalue weighted by Gasteiger charge is 2.11. The molecule has 0 N–H and O–H groups in total. The topological polar surface area (TPSA) is 0 Å². The molecule has 0 aromatic rings. The minimum atomic E-state index is 0.286. The van der Waals surface area contributed by atoms with E-state index in [0.29, 0.717) is 5.92 Å². The summed E-state index contributed by atoms with van der Waals surface area (Å²) in [6.07, 6.45) is 7.52. The van der Waals surface area contributed by atoms with Gasteiger partial charge in [-0.2, -0.15) is 0 Å². The molecule has 1 aliphatic rings. The van der Waals surface area contributed by atoms with Crippen molar-refractivity contribution in [1.29, 1.82) is 0 Å². The molecular weight excluding hydrogens is 144 g/mol. The number of allylic oxidation sites excluding steroid dienone is 4. The molecule has 1 rings (SSSR count). The predicted octanol–water partition coefficient (Wildman–Crippen LogP) is 3.14. The summed E-state index contributed by atoms with van der Waals surface area (Å²) in [5.74, 6) is 0.510. The van der Waals surface area contributed by atoms with Crippen molar-refractivity contribution in [3.05, 3.63) is 23.8 Å². The second kappa shape index (κ2) is 3.25. The molecule has 0 aliphatic heterocycles. The third-order valence-electron chi connectivity index (χ3n) is 1.90. The summed E-state index contributed by atoms with van der Waals surface area (Å²) in [7, 11) is 0. The third-order valence-corrected chi connectivity index (χ3v) is 2.47. The fourth-order valence-electron chi connectivity index (χ4n) is 1.01. The largest absolute Gasteiger partial charge is 0.122 e. The van der Waals surface area contributed by atoms with Gasteiger partial charge >= 0.3 is 0 Å². The Labute approximate surface area is 67.6 Å². The van der Waals surface area contributed by atoms with Crippen LogP contribution in [-0.2, 0) is 0 Å². The highest BCUT2D eigenvalue weighted by Crippen LogP contribution is 2.20. The molecule has 0 nitrogen and oxygen atoms in total. The molecule has 1 aliphatic carbocycles. The van der Waals surface area contributed by atoms with Gasteiger partial charge in [-0.3, -0.25) is 0 Å². The van der Waals surface area contributed by atoms with Gasteiger partial charge in [-0.05, 0) is 19.3 Å². The van der Waals surface area contributed by atoms with Crippen molar-refractivity contribution >= 4 is 11.6 Å². The average Bonchev–Trinajstić information content (AvgIpc) is 2.04. The van der Waals surface area contributed by atoms with E-state index in [1.54, 1.807) is 0 Å². The van der Waals surface area contributed by atoms with Crippen LogP contribution in [0.1, 0.15) is 20.3 Å². The lowest BCUT2D eigenvalue weighted by atomic mass is 10.1. The van der Waals surface area contributed by atoms with Crippen LogP contribution in [0.25, 0.3) is 0 Å². The quantitative estimate of drug-likeness (QED) is 0.473. The molecule has 56 valence electrons. The van der Waals surface area contributed by atoms with Crippen LogP contribution in [0.15, 0.2) is 23.8 Å². The van der Waals surface area contributed by atoms with Gasteiger partial charge in [0.25, 0.3) is 0 Å². The van der Waals surface area contributed by atoms with Gasteiger partial charge in [-0.1, -0.05) is 30.7 Å². The van der Waals surface area contributed by atoms with Crippen LogP contribution in [0.3, 0.4) is 0 Å². The molecule has 1 heteroatoms. The molecule has 0 radical (unpaired) electrons. The number of hydrogen-bond acceptors (Lipinski definition) is 0. The molecule has 0 bridgehead atoms. The number of hydrogen-bond donors (Lipinski definition) is 0. The van der Waals surface area contributed by atoms with E-state index in [4.69, 9.17) is 11.6 Å². The highest BCUT2D eigenvalue weighted by atomic mass is 35.5. The van der Waals surface area contributed by atoms with Crippen LogP contribution < -0.4 is 0 Å². The summed E-state index contributed by atoms with van der Waals surface area (Å²) in [5.41, 5.74) is 1.33. The lowest BCUT2D eigenvalue weighted by Gasteiger charge is -2.09. The first-order valence-corrected chi connectivity index (χ1v) is 4.13. The van der Waals surface area contributed by atoms with Crippen molar-refractivity contribution in [2.45, 2.75) is 25.6 Å². The Kier molecular flexibility index (Phi) is 2.56. The Bertz CT molecular complexity index is 168. The fraction of sp³-hybridized carbons (Fsp3) is 0.556. The van der Waals surface area contributed by atoms with E-state index in [0.717, 1.165) is 6.42 Å². The number of rotatable bonds is 0. The van der Waals surface area contributed by atoms with E-state index in [2.05, 4.69) is 32.1 Å². The molecular formula is C9H13Cl. The summed E-state index contributed by atoms with van der Waals surface area (Å²) >= 11 is 6.04. The molecule has 0 aromatic carbocycles. The molecule has 0 heterocycles. The van der Waals surface area contributed by atoms with Crippen LogP contribution in [0.2, 0.25) is 0 Å². The van der Waals surface area contributed by atoms with Crippen molar-refractivity contribution in [2.24, 2.45) is 5.92 Å². The molecule has 0 aromatic heterocycles. The molecule has 0 fully saturated rings. The lowest BCUT2D eigenvalue weighted by Crippen LogP contribution is -2.05. The molecule has 2 atom stereocenters. The Morgan fingerprint density at radius 1 is 1.60 bits per heavy atom. The van der Waals surface area contributed by atoms with Crippen molar-refractivity contribution in [3.63, 3.8) is 0 Å². The summed E-state index contributed by atoms with van der Waals surface area (Å²) in [5, 5.41) is 0.286. The summed E-state index contributed by atoms with van der Waals surface area (Å²) in [4.78, 5) is 0. The van der Waals surface area contributed by atoms with Crippen molar-refractivity contribution in [2.75, 3.05) is 0 Å². The number of alkyl halides is 1. The van der Waals surface area contributed by atoms with E-state index in [1.807, 2.05) is 0 Å². The second-order valence-corrected chi connectivity index (χ2v) is 3.48. The first-order chi connectivity index (χ1) is 4.70. The van der Waals surface area contributed by atoms with Crippen LogP contribution in [-0.4, -0.2) is 5.38 Å². The van der Waals surface area contributed by atoms with Gasteiger partial charge in [0.1, 0.15) is 0 Å². The van der Waals surface area contributed by atoms with E-state index >= 15 is 0 Å². The zero-order valence-corrected chi connectivity index (χ0v) is 7.23. The van der Waals surface area contributed by atoms with Crippen molar-refractivity contribution in [1.82, 2.24) is 0 Å². The monoisotopic (exact) mass is 156 g/mol. The molecule has 0 amide bonds. The maximum absolute atomic E-state index is 6.04. The summed E-state index contributed by atoms with van der Waals surface area (Å²) in [6, 6.07) is 0. The first-order valence-electron chi connectivity index (χ1n) is 3.69. The van der Waals surface area contributed by atoms with Crippen LogP contribution in [0.5, 0.6) is 0 Å². The van der Waals surface area contributed by atoms with Gasteiger partial charge in [0.15, 0.2) is 0 Å². The highest BCUT2D eigenvalue weighted by molar-refractivity contribution is 6.21. The first kappa shape index (κ1) is 7.87. The van der Waals surface area contributed by atoms with Crippen LogP contribution in [0, 0.1) is 5.92 Å². The molecule has 0 saturated carbocycles. The van der Waals surface area contributed by atoms with Crippen molar-refractivity contribution < 1.29 is 0 Å². The van der Waals surface area contributed by atoms with E-state index in [9.17, 15) is 0 Å². The zero-order valence-electron chi connectivity index (χ0n) is 6.47. The molecule has 0 saturated heterocycles. The Balaban J connectivity index is 2.68. The average molecular weight is 157 g/mol. The summed E-state index contributed by atoms with van der Waals surface area (Å²) in [6.45, 7) is 4.26. The van der Waals surface area contributed by atoms with E-state index < -0.39 is 0 Å². The number of halogens is 1. The molecule has 10 heavy (non-hydrogen) atoms. The van der Waals surface area contributed by atoms with Gasteiger partial charge in [-0.15, -0.1) is 11.6 Å². The maximum atomic E-state index is 6.04. The smallest absolute Gasteiger partial charge is 0.0430 e. The minimum absolute atomic E-state index is 0.286. The maximum Gasteiger partial charge on any atom is 0.0430 e. The fourth-order valence-corrected chi connectivity index (χ4v) is 1.18. The normalized spacial score (nSPS) is 33.3. The second-order valence-electron chi connectivity index (χ2n) is 2.92. The lowest BCUT2D eigenvalue weighted by molar-refractivity contribution is 0.672. The zero-order chi connectivity index (χ0) is 7.56. The van der Waals surface area contributed by atoms with Gasteiger partial charge in [0, 0.05) is 5.38 Å². The van der Waals surface area contributed by atoms with Gasteiger partial charge in [0.2, 0.25) is 0 Å². The van der Waals surface area contributed by atoms with Crippen LogP contribution in [0.4, 0.5) is 0 Å². The standard InChI is InChI=1S/C9H13Cl/c1-7-3-5-8(2)9(10)6-4-7/h3-5,8-9H,6H2,1-2H3/t8-,9+/m1/s1. The van der Waals surface area contributed by atoms with Crippen LogP contribution >= 0.6 is 11.6 Å². The van der Waals surface area contributed by atoms with E-state index in [1.165, 1.54) is 5.57 Å². The minimum Gasteiger partial charge on any atom is -0.122 e. The predicted molar refractivity (Wildman–Crippen MR) is 46.3 cm³/mol. The molecule has 0 unspecified atom stereocenters. The third kappa shape index (κ3) is 1.88. The summed E-state index contributed by atoms with van der Waals surface area (Å²) < 4.78 is 0. The van der Waals surface area contributed by atoms with Crippen molar-refractivity contribution in [3.8, 4) is 0 Å². The SMILES string of the molecule is CC1=CC[C@H](Cl)[C@H](C)C=C1. The Morgan fingerprint density at radius 2 is 2.30 bits per heavy atom. The van der Waals surface area contributed by atoms with E-state index in [-0.39, 0.29) is 5.38 Å². The molecule has 0 spiro atoms. The Morgan fingerprint density at radius 3 is 3.00 bits per heavy atom.